The molecule has 0 rings (SSSR count). The summed E-state index contributed by atoms with van der Waals surface area (Å²) in [6, 6.07) is 1.98. The maximum Gasteiger partial charge on any atom is 0.141 e. The van der Waals surface area contributed by atoms with Crippen molar-refractivity contribution in [2.75, 3.05) is 6.61 Å². The number of nitrogens with zero attached hydrogens (tertiary/aromatic N) is 1. The van der Waals surface area contributed by atoms with E-state index in [2.05, 4.69) is 0 Å². The Morgan fingerprint density at radius 2 is 2.27 bits per heavy atom. The number of allylic oxidation sites excluding steroid dienone is 3. The highest BCUT2D eigenvalue weighted by Gasteiger charge is 1.93. The topological polar surface area (TPSA) is 33.0 Å². The number of hydrogen-bond acceptors (Lipinski definition) is 2. The third-order valence-corrected chi connectivity index (χ3v) is 1.06. The monoisotopic (exact) mass is 151 g/mol. The van der Waals surface area contributed by atoms with Crippen molar-refractivity contribution in [3.05, 3.63) is 24.3 Å². The van der Waals surface area contributed by atoms with E-state index < -0.39 is 0 Å². The Labute approximate surface area is 67.8 Å². The highest BCUT2D eigenvalue weighted by molar-refractivity contribution is 5.01. The molecule has 11 heavy (non-hydrogen) atoms. The zero-order valence-electron chi connectivity index (χ0n) is 6.95. The molecule has 2 nitrogen and oxygen atoms in total. The van der Waals surface area contributed by atoms with Gasteiger partial charge in [0.1, 0.15) is 6.10 Å². The first-order valence-electron chi connectivity index (χ1n) is 3.60. The van der Waals surface area contributed by atoms with Crippen molar-refractivity contribution in [2.45, 2.75) is 20.0 Å². The first kappa shape index (κ1) is 9.93. The van der Waals surface area contributed by atoms with Crippen molar-refractivity contribution in [3.8, 4) is 6.07 Å². The predicted octanol–water partition coefficient (Wildman–Crippen LogP) is 2.05. The maximum absolute atomic E-state index is 8.32. The molecule has 0 amide bonds. The molecule has 0 saturated heterocycles. The van der Waals surface area contributed by atoms with Crippen LogP contribution in [0, 0.1) is 11.3 Å². The van der Waals surface area contributed by atoms with Crippen molar-refractivity contribution in [2.24, 2.45) is 0 Å². The normalized spacial score (nSPS) is 13.9. The van der Waals surface area contributed by atoms with Crippen LogP contribution in [-0.4, -0.2) is 12.7 Å². The molecule has 60 valence electrons. The van der Waals surface area contributed by atoms with E-state index in [1.807, 2.05) is 37.3 Å². The molecule has 0 spiro atoms. The molecule has 0 N–H and O–H groups in total. The molecule has 2 heteroatoms. The number of ether oxygens (including phenoxy) is 1. The van der Waals surface area contributed by atoms with E-state index in [1.54, 1.807) is 6.92 Å². The van der Waals surface area contributed by atoms with Crippen molar-refractivity contribution < 1.29 is 4.74 Å². The second-order valence-corrected chi connectivity index (χ2v) is 2.06. The van der Waals surface area contributed by atoms with Gasteiger partial charge in [0.15, 0.2) is 0 Å². The fraction of sp³-hybridized carbons (Fsp3) is 0.444. The number of rotatable bonds is 4. The van der Waals surface area contributed by atoms with E-state index in [-0.39, 0.29) is 6.10 Å². The summed E-state index contributed by atoms with van der Waals surface area (Å²) in [6.45, 7) is 4.17. The van der Waals surface area contributed by atoms with Gasteiger partial charge in [-0.1, -0.05) is 24.3 Å². The van der Waals surface area contributed by atoms with Gasteiger partial charge in [-0.15, -0.1) is 0 Å². The molecule has 0 aliphatic rings. The van der Waals surface area contributed by atoms with Gasteiger partial charge in [-0.3, -0.25) is 0 Å². The molecule has 1 unspecified atom stereocenters. The molecule has 0 bridgehead atoms. The van der Waals surface area contributed by atoms with Crippen LogP contribution in [0.5, 0.6) is 0 Å². The van der Waals surface area contributed by atoms with Crippen molar-refractivity contribution in [1.82, 2.24) is 0 Å². The third-order valence-electron chi connectivity index (χ3n) is 1.06. The average molecular weight is 151 g/mol. The Hall–Kier alpha value is -1.07. The van der Waals surface area contributed by atoms with E-state index in [9.17, 15) is 0 Å². The SMILES string of the molecule is CC=CC=CCOC(C)C#N. The van der Waals surface area contributed by atoms with Gasteiger partial charge in [0.05, 0.1) is 12.7 Å². The van der Waals surface area contributed by atoms with Crippen molar-refractivity contribution in [1.29, 1.82) is 5.26 Å². The molecular weight excluding hydrogens is 138 g/mol. The first-order chi connectivity index (χ1) is 5.31. The fourth-order valence-corrected chi connectivity index (χ4v) is 0.482. The van der Waals surface area contributed by atoms with Crippen LogP contribution >= 0.6 is 0 Å². The fourth-order valence-electron chi connectivity index (χ4n) is 0.482. The highest BCUT2D eigenvalue weighted by atomic mass is 16.5. The number of hydrogen-bond donors (Lipinski definition) is 0. The maximum atomic E-state index is 8.32. The smallest absolute Gasteiger partial charge is 0.141 e. The minimum absolute atomic E-state index is 0.315. The molecule has 0 aliphatic carbocycles. The Bertz CT molecular complexity index is 176. The van der Waals surface area contributed by atoms with E-state index in [1.165, 1.54) is 0 Å². The molecule has 0 saturated carbocycles. The van der Waals surface area contributed by atoms with Gasteiger partial charge in [0, 0.05) is 0 Å². The van der Waals surface area contributed by atoms with Crippen molar-refractivity contribution in [3.63, 3.8) is 0 Å². The summed E-state index contributed by atoms with van der Waals surface area (Å²) in [4.78, 5) is 0. The van der Waals surface area contributed by atoms with Crippen LogP contribution in [0.1, 0.15) is 13.8 Å². The summed E-state index contributed by atoms with van der Waals surface area (Å²) in [5, 5.41) is 8.32. The Balaban J connectivity index is 3.35. The Morgan fingerprint density at radius 3 is 2.82 bits per heavy atom. The summed E-state index contributed by atoms with van der Waals surface area (Å²) in [5.41, 5.74) is 0. The van der Waals surface area contributed by atoms with Gasteiger partial charge >= 0.3 is 0 Å². The van der Waals surface area contributed by atoms with E-state index in [0.29, 0.717) is 6.61 Å². The quantitative estimate of drug-likeness (QED) is 0.576. The standard InChI is InChI=1S/C9H13NO/c1-3-4-5-6-7-11-9(2)8-10/h3-6,9H,7H2,1-2H3. The van der Waals surface area contributed by atoms with Crippen molar-refractivity contribution >= 4 is 0 Å². The van der Waals surface area contributed by atoms with Crippen LogP contribution in [0.15, 0.2) is 24.3 Å². The summed E-state index contributed by atoms with van der Waals surface area (Å²) >= 11 is 0. The zero-order chi connectivity index (χ0) is 8.53. The van der Waals surface area contributed by atoms with Gasteiger partial charge < -0.3 is 4.74 Å². The Morgan fingerprint density at radius 1 is 1.55 bits per heavy atom. The lowest BCUT2D eigenvalue weighted by Gasteiger charge is -1.99. The minimum Gasteiger partial charge on any atom is -0.360 e. The van der Waals surface area contributed by atoms with Crippen LogP contribution in [0.4, 0.5) is 0 Å². The minimum atomic E-state index is -0.315. The van der Waals surface area contributed by atoms with Crippen LogP contribution in [0.2, 0.25) is 0 Å². The van der Waals surface area contributed by atoms with Gasteiger partial charge in [-0.2, -0.15) is 5.26 Å². The van der Waals surface area contributed by atoms with Gasteiger partial charge in [0.25, 0.3) is 0 Å². The Kier molecular flexibility index (Phi) is 6.36. The second-order valence-electron chi connectivity index (χ2n) is 2.06. The summed E-state index contributed by atoms with van der Waals surface area (Å²) in [7, 11) is 0. The number of nitriles is 1. The summed E-state index contributed by atoms with van der Waals surface area (Å²) < 4.78 is 5.06. The van der Waals surface area contributed by atoms with Crippen LogP contribution in [0.3, 0.4) is 0 Å². The van der Waals surface area contributed by atoms with E-state index in [0.717, 1.165) is 0 Å². The van der Waals surface area contributed by atoms with Gasteiger partial charge in [0.2, 0.25) is 0 Å². The average Bonchev–Trinajstić information content (AvgIpc) is 2.04. The lowest BCUT2D eigenvalue weighted by atomic mass is 10.4. The van der Waals surface area contributed by atoms with Crippen LogP contribution < -0.4 is 0 Å². The van der Waals surface area contributed by atoms with Gasteiger partial charge in [-0.25, -0.2) is 0 Å². The van der Waals surface area contributed by atoms with Crippen LogP contribution in [-0.2, 0) is 4.74 Å². The van der Waals surface area contributed by atoms with Crippen LogP contribution in [0.25, 0.3) is 0 Å². The summed E-state index contributed by atoms with van der Waals surface area (Å²) in [5.74, 6) is 0. The molecule has 0 aliphatic heterocycles. The van der Waals surface area contributed by atoms with E-state index in [4.69, 9.17) is 10.00 Å². The lowest BCUT2D eigenvalue weighted by molar-refractivity contribution is 0.128. The third kappa shape index (κ3) is 6.82. The molecule has 0 radical (unpaired) electrons. The predicted molar refractivity (Wildman–Crippen MR) is 45.0 cm³/mol. The highest BCUT2D eigenvalue weighted by Crippen LogP contribution is 1.87. The van der Waals surface area contributed by atoms with Gasteiger partial charge in [-0.05, 0) is 13.8 Å². The molecule has 0 aromatic carbocycles. The lowest BCUT2D eigenvalue weighted by Crippen LogP contribution is -2.03. The molecular formula is C9H13NO. The second kappa shape index (κ2) is 7.04. The first-order valence-corrected chi connectivity index (χ1v) is 3.60. The zero-order valence-corrected chi connectivity index (χ0v) is 6.95. The molecule has 0 heterocycles. The molecule has 1 atom stereocenters. The summed E-state index contributed by atoms with van der Waals surface area (Å²) in [6.07, 6.45) is 7.30. The molecule has 0 aromatic rings. The van der Waals surface area contributed by atoms with E-state index >= 15 is 0 Å². The molecule has 0 aromatic heterocycles. The largest absolute Gasteiger partial charge is 0.360 e. The molecule has 0 fully saturated rings.